The minimum atomic E-state index is -3.21. The van der Waals surface area contributed by atoms with Gasteiger partial charge in [0.25, 0.3) is 0 Å². The van der Waals surface area contributed by atoms with Crippen molar-refractivity contribution >= 4 is 10.0 Å². The molecule has 1 aliphatic heterocycles. The summed E-state index contributed by atoms with van der Waals surface area (Å²) >= 11 is 0. The molecule has 1 heterocycles. The average molecular weight is 277 g/mol. The van der Waals surface area contributed by atoms with Crippen molar-refractivity contribution in [1.82, 2.24) is 9.21 Å². The topological polar surface area (TPSA) is 66.6 Å². The lowest BCUT2D eigenvalue weighted by Gasteiger charge is -2.42. The number of piperazine rings is 1. The van der Waals surface area contributed by atoms with Crippen molar-refractivity contribution in [2.45, 2.75) is 44.9 Å². The number of sulfonamides is 1. The summed E-state index contributed by atoms with van der Waals surface area (Å²) < 4.78 is 26.3. The second-order valence-corrected chi connectivity index (χ2v) is 8.08. The van der Waals surface area contributed by atoms with Gasteiger partial charge >= 0.3 is 0 Å². The fourth-order valence-corrected chi connectivity index (χ4v) is 4.08. The molecule has 0 spiro atoms. The zero-order valence-corrected chi connectivity index (χ0v) is 12.8. The summed E-state index contributed by atoms with van der Waals surface area (Å²) in [7, 11) is -3.21. The van der Waals surface area contributed by atoms with Gasteiger partial charge in [-0.3, -0.25) is 4.90 Å². The molecule has 18 heavy (non-hydrogen) atoms. The molecule has 1 fully saturated rings. The van der Waals surface area contributed by atoms with Crippen LogP contribution in [-0.2, 0) is 10.0 Å². The van der Waals surface area contributed by atoms with Crippen molar-refractivity contribution in [1.29, 1.82) is 0 Å². The Morgan fingerprint density at radius 2 is 1.67 bits per heavy atom. The van der Waals surface area contributed by atoms with Crippen LogP contribution in [0.4, 0.5) is 0 Å². The smallest absolute Gasteiger partial charge is 0.218 e. The van der Waals surface area contributed by atoms with Crippen LogP contribution in [0.3, 0.4) is 0 Å². The van der Waals surface area contributed by atoms with E-state index in [-0.39, 0.29) is 12.1 Å². The first-order chi connectivity index (χ1) is 8.23. The third kappa shape index (κ3) is 3.44. The van der Waals surface area contributed by atoms with Gasteiger partial charge in [0, 0.05) is 38.3 Å². The van der Waals surface area contributed by atoms with Crippen LogP contribution >= 0.6 is 0 Å². The lowest BCUT2D eigenvalue weighted by atomic mass is 10.1. The molecule has 0 radical (unpaired) electrons. The molecule has 1 atom stereocenters. The predicted octanol–water partition coefficient (Wildman–Crippen LogP) is 0.470. The van der Waals surface area contributed by atoms with Crippen LogP contribution in [0.5, 0.6) is 0 Å². The Morgan fingerprint density at radius 3 is 2.00 bits per heavy atom. The highest BCUT2D eigenvalue weighted by atomic mass is 32.2. The van der Waals surface area contributed by atoms with Crippen LogP contribution in [0.2, 0.25) is 0 Å². The third-order valence-corrected chi connectivity index (χ3v) is 6.14. The van der Waals surface area contributed by atoms with E-state index >= 15 is 0 Å². The second-order valence-electron chi connectivity index (χ2n) is 5.87. The van der Waals surface area contributed by atoms with Crippen LogP contribution in [0.25, 0.3) is 0 Å². The van der Waals surface area contributed by atoms with E-state index in [1.54, 1.807) is 4.31 Å². The standard InChI is InChI=1S/C12H27N3O2S/c1-5-11(10-13)18(16,17)15-8-6-14(7-9-15)12(2,3)4/h11H,5-10,13H2,1-4H3. The summed E-state index contributed by atoms with van der Waals surface area (Å²) in [4.78, 5) is 2.32. The van der Waals surface area contributed by atoms with E-state index in [2.05, 4.69) is 25.7 Å². The maximum Gasteiger partial charge on any atom is 0.218 e. The lowest BCUT2D eigenvalue weighted by molar-refractivity contribution is 0.0918. The number of nitrogens with two attached hydrogens (primary N) is 1. The van der Waals surface area contributed by atoms with Crippen molar-refractivity contribution in [3.63, 3.8) is 0 Å². The van der Waals surface area contributed by atoms with Crippen LogP contribution in [0.1, 0.15) is 34.1 Å². The molecule has 0 amide bonds. The van der Waals surface area contributed by atoms with Crippen LogP contribution in [-0.4, -0.2) is 61.1 Å². The minimum absolute atomic E-state index is 0.105. The summed E-state index contributed by atoms with van der Waals surface area (Å²) in [5, 5.41) is -0.432. The second kappa shape index (κ2) is 5.86. The van der Waals surface area contributed by atoms with E-state index in [0.29, 0.717) is 19.5 Å². The van der Waals surface area contributed by atoms with Crippen molar-refractivity contribution in [3.05, 3.63) is 0 Å². The molecule has 108 valence electrons. The zero-order chi connectivity index (χ0) is 14.0. The van der Waals surface area contributed by atoms with Gasteiger partial charge in [-0.15, -0.1) is 0 Å². The van der Waals surface area contributed by atoms with Crippen molar-refractivity contribution in [3.8, 4) is 0 Å². The normalized spacial score (nSPS) is 22.1. The zero-order valence-electron chi connectivity index (χ0n) is 12.0. The van der Waals surface area contributed by atoms with Crippen molar-refractivity contribution in [2.75, 3.05) is 32.7 Å². The third-order valence-electron chi connectivity index (χ3n) is 3.69. The number of hydrogen-bond donors (Lipinski definition) is 1. The molecule has 0 aliphatic carbocycles. The van der Waals surface area contributed by atoms with Crippen LogP contribution in [0, 0.1) is 0 Å². The molecule has 0 aromatic rings. The molecule has 2 N–H and O–H groups in total. The molecule has 1 saturated heterocycles. The summed E-state index contributed by atoms with van der Waals surface area (Å²) in [6, 6.07) is 0. The molecule has 0 aromatic heterocycles. The minimum Gasteiger partial charge on any atom is -0.329 e. The van der Waals surface area contributed by atoms with E-state index in [0.717, 1.165) is 13.1 Å². The summed E-state index contributed by atoms with van der Waals surface area (Å²) in [5.74, 6) is 0. The first-order valence-corrected chi connectivity index (χ1v) is 8.18. The molecule has 5 nitrogen and oxygen atoms in total. The molecule has 1 rings (SSSR count). The molecule has 0 bridgehead atoms. The van der Waals surface area contributed by atoms with E-state index in [1.807, 2.05) is 6.92 Å². The van der Waals surface area contributed by atoms with E-state index in [9.17, 15) is 8.42 Å². The van der Waals surface area contributed by atoms with Gasteiger partial charge in [-0.1, -0.05) is 6.92 Å². The fourth-order valence-electron chi connectivity index (χ4n) is 2.32. The molecule has 1 unspecified atom stereocenters. The fraction of sp³-hybridized carbons (Fsp3) is 1.00. The Balaban J connectivity index is 2.68. The molecular formula is C12H27N3O2S. The van der Waals surface area contributed by atoms with Gasteiger partial charge < -0.3 is 5.73 Å². The van der Waals surface area contributed by atoms with Gasteiger partial charge in [0.05, 0.1) is 5.25 Å². The van der Waals surface area contributed by atoms with Gasteiger partial charge in [0.2, 0.25) is 10.0 Å². The van der Waals surface area contributed by atoms with Crippen LogP contribution in [0.15, 0.2) is 0 Å². The lowest BCUT2D eigenvalue weighted by Crippen LogP contribution is -2.56. The Hall–Kier alpha value is -0.170. The number of rotatable bonds is 4. The Kier molecular flexibility index (Phi) is 5.17. The van der Waals surface area contributed by atoms with Gasteiger partial charge in [0.1, 0.15) is 0 Å². The quantitative estimate of drug-likeness (QED) is 0.811. The highest BCUT2D eigenvalue weighted by molar-refractivity contribution is 7.89. The van der Waals surface area contributed by atoms with Gasteiger partial charge in [-0.2, -0.15) is 4.31 Å². The maximum absolute atomic E-state index is 12.3. The van der Waals surface area contributed by atoms with Crippen molar-refractivity contribution in [2.24, 2.45) is 5.73 Å². The first kappa shape index (κ1) is 15.9. The number of nitrogens with zero attached hydrogens (tertiary/aromatic N) is 2. The van der Waals surface area contributed by atoms with Gasteiger partial charge in [0.15, 0.2) is 0 Å². The Bertz CT molecular complexity index is 350. The monoisotopic (exact) mass is 277 g/mol. The molecule has 6 heteroatoms. The predicted molar refractivity (Wildman–Crippen MR) is 75.0 cm³/mol. The van der Waals surface area contributed by atoms with Crippen molar-refractivity contribution < 1.29 is 8.42 Å². The summed E-state index contributed by atoms with van der Waals surface area (Å²) in [5.41, 5.74) is 5.66. The van der Waals surface area contributed by atoms with Crippen LogP contribution < -0.4 is 5.73 Å². The first-order valence-electron chi connectivity index (χ1n) is 6.67. The SMILES string of the molecule is CCC(CN)S(=O)(=O)N1CCN(C(C)(C)C)CC1. The van der Waals surface area contributed by atoms with Gasteiger partial charge in [-0.25, -0.2) is 8.42 Å². The average Bonchev–Trinajstić information content (AvgIpc) is 2.29. The maximum atomic E-state index is 12.3. The van der Waals surface area contributed by atoms with E-state index < -0.39 is 15.3 Å². The molecule has 0 aromatic carbocycles. The largest absolute Gasteiger partial charge is 0.329 e. The molecule has 0 saturated carbocycles. The highest BCUT2D eigenvalue weighted by Gasteiger charge is 2.34. The van der Waals surface area contributed by atoms with E-state index in [1.165, 1.54) is 0 Å². The van der Waals surface area contributed by atoms with Gasteiger partial charge in [-0.05, 0) is 27.2 Å². The van der Waals surface area contributed by atoms with E-state index in [4.69, 9.17) is 5.73 Å². The Labute approximate surface area is 111 Å². The summed E-state index contributed by atoms with van der Waals surface area (Å²) in [6.07, 6.45) is 0.582. The molecular weight excluding hydrogens is 250 g/mol. The summed E-state index contributed by atoms with van der Waals surface area (Å²) in [6.45, 7) is 11.3. The number of hydrogen-bond acceptors (Lipinski definition) is 4. The Morgan fingerprint density at radius 1 is 1.17 bits per heavy atom. The highest BCUT2D eigenvalue weighted by Crippen LogP contribution is 2.19. The molecule has 1 aliphatic rings.